The predicted octanol–water partition coefficient (Wildman–Crippen LogP) is 2.91. The lowest BCUT2D eigenvalue weighted by Crippen LogP contribution is -2.43. The molecule has 152 valence electrons. The van der Waals surface area contributed by atoms with E-state index in [9.17, 15) is 23.6 Å². The minimum Gasteiger partial charge on any atom is -0.457 e. The number of thiophene rings is 1. The van der Waals surface area contributed by atoms with E-state index in [4.69, 9.17) is 4.74 Å². The molecule has 0 saturated carbocycles. The molecule has 1 atom stereocenters. The van der Waals surface area contributed by atoms with Crippen molar-refractivity contribution in [3.63, 3.8) is 0 Å². The van der Waals surface area contributed by atoms with Gasteiger partial charge in [0.1, 0.15) is 11.9 Å². The summed E-state index contributed by atoms with van der Waals surface area (Å²) in [7, 11) is 0. The van der Waals surface area contributed by atoms with Crippen LogP contribution in [-0.4, -0.2) is 36.2 Å². The first kappa shape index (κ1) is 19.7. The molecule has 2 amide bonds. The summed E-state index contributed by atoms with van der Waals surface area (Å²) in [6.07, 6.45) is -0.420. The lowest BCUT2D eigenvalue weighted by molar-refractivity contribution is -0.144. The molecule has 2 aromatic carbocycles. The van der Waals surface area contributed by atoms with Crippen LogP contribution in [0.25, 0.3) is 10.1 Å². The summed E-state index contributed by atoms with van der Waals surface area (Å²) in [6.45, 7) is -0.517. The van der Waals surface area contributed by atoms with Crippen molar-refractivity contribution in [3.8, 4) is 0 Å². The van der Waals surface area contributed by atoms with E-state index in [1.165, 1.54) is 12.1 Å². The van der Waals surface area contributed by atoms with E-state index in [1.54, 1.807) is 36.4 Å². The number of benzene rings is 2. The molecule has 4 rings (SSSR count). The number of anilines is 1. The Morgan fingerprint density at radius 1 is 1.10 bits per heavy atom. The second-order valence-corrected chi connectivity index (χ2v) is 7.73. The molecule has 1 aromatic heterocycles. The number of carbonyl (C=O) groups excluding carboxylic acids is 4. The van der Waals surface area contributed by atoms with Crippen LogP contribution in [0, 0.1) is 5.82 Å². The van der Waals surface area contributed by atoms with E-state index in [1.807, 2.05) is 0 Å². The van der Waals surface area contributed by atoms with Gasteiger partial charge in [-0.2, -0.15) is 0 Å². The van der Waals surface area contributed by atoms with Gasteiger partial charge in [0.2, 0.25) is 11.7 Å². The number of fused-ring (bicyclic) bond motifs is 2. The van der Waals surface area contributed by atoms with Crippen LogP contribution in [0.1, 0.15) is 26.5 Å². The van der Waals surface area contributed by atoms with Crippen molar-refractivity contribution < 1.29 is 28.3 Å². The molecule has 0 unspecified atom stereocenters. The summed E-state index contributed by atoms with van der Waals surface area (Å²) in [5, 5.41) is 5.80. The molecule has 9 heteroatoms. The van der Waals surface area contributed by atoms with Crippen molar-refractivity contribution in [2.75, 3.05) is 11.9 Å². The van der Waals surface area contributed by atoms with Crippen LogP contribution >= 0.6 is 11.3 Å². The Labute approximate surface area is 173 Å². The van der Waals surface area contributed by atoms with E-state index in [-0.39, 0.29) is 5.56 Å². The Bertz CT molecular complexity index is 1190. The summed E-state index contributed by atoms with van der Waals surface area (Å²) >= 11 is 1.10. The van der Waals surface area contributed by atoms with Gasteiger partial charge in [-0.25, -0.2) is 4.39 Å². The van der Waals surface area contributed by atoms with Crippen LogP contribution in [0.15, 0.2) is 48.5 Å². The number of ketones is 1. The largest absolute Gasteiger partial charge is 0.457 e. The molecule has 2 heterocycles. The van der Waals surface area contributed by atoms with Gasteiger partial charge in [0.25, 0.3) is 5.91 Å². The van der Waals surface area contributed by atoms with Gasteiger partial charge in [-0.05, 0) is 35.7 Å². The van der Waals surface area contributed by atoms with E-state index < -0.39 is 48.5 Å². The van der Waals surface area contributed by atoms with Gasteiger partial charge >= 0.3 is 5.97 Å². The number of ether oxygens (including phenoxy) is 1. The number of para-hydroxylation sites is 1. The number of Topliss-reactive ketones (excluding diaryl/α,β-unsaturated/α-hetero) is 1. The highest BCUT2D eigenvalue weighted by Crippen LogP contribution is 2.26. The van der Waals surface area contributed by atoms with Crippen LogP contribution in [0.4, 0.5) is 10.1 Å². The quantitative estimate of drug-likeness (QED) is 0.483. The Hall–Kier alpha value is -3.59. The third kappa shape index (κ3) is 4.06. The molecule has 0 bridgehead atoms. The third-order valence-electron chi connectivity index (χ3n) is 4.54. The van der Waals surface area contributed by atoms with Crippen molar-refractivity contribution in [2.45, 2.75) is 12.5 Å². The first-order valence-corrected chi connectivity index (χ1v) is 9.81. The molecule has 0 fully saturated rings. The van der Waals surface area contributed by atoms with Crippen LogP contribution in [-0.2, 0) is 14.3 Å². The Morgan fingerprint density at radius 3 is 2.73 bits per heavy atom. The monoisotopic (exact) mass is 426 g/mol. The topological polar surface area (TPSA) is 102 Å². The maximum atomic E-state index is 13.3. The molecule has 0 saturated heterocycles. The molecule has 0 aliphatic carbocycles. The molecule has 1 aliphatic heterocycles. The van der Waals surface area contributed by atoms with Gasteiger partial charge in [-0.15, -0.1) is 11.3 Å². The number of amides is 2. The second-order valence-electron chi connectivity index (χ2n) is 6.64. The van der Waals surface area contributed by atoms with E-state index in [0.717, 1.165) is 11.3 Å². The van der Waals surface area contributed by atoms with Gasteiger partial charge in [-0.1, -0.05) is 18.2 Å². The van der Waals surface area contributed by atoms with Crippen molar-refractivity contribution in [2.24, 2.45) is 0 Å². The van der Waals surface area contributed by atoms with E-state index in [0.29, 0.717) is 20.7 Å². The fraction of sp³-hybridized carbons (Fsp3) is 0.143. The lowest BCUT2D eigenvalue weighted by atomic mass is 10.1. The van der Waals surface area contributed by atoms with Crippen molar-refractivity contribution in [1.82, 2.24) is 5.32 Å². The average molecular weight is 426 g/mol. The van der Waals surface area contributed by atoms with E-state index >= 15 is 0 Å². The smallest absolute Gasteiger partial charge is 0.308 e. The second kappa shape index (κ2) is 8.03. The molecule has 2 N–H and O–H groups in total. The van der Waals surface area contributed by atoms with Gasteiger partial charge in [0.05, 0.1) is 22.5 Å². The number of hydrogen-bond donors (Lipinski definition) is 2. The van der Waals surface area contributed by atoms with Crippen molar-refractivity contribution in [1.29, 1.82) is 0 Å². The molecular weight excluding hydrogens is 411 g/mol. The SMILES string of the molecule is O=C(C[C@@H]1NC(=O)c2ccccc2NC1=O)OCC(=O)c1cc2ccc(F)cc2s1. The van der Waals surface area contributed by atoms with Crippen molar-refractivity contribution in [3.05, 3.63) is 64.8 Å². The summed E-state index contributed by atoms with van der Waals surface area (Å²) in [5.41, 5.74) is 0.644. The number of esters is 1. The number of hydrogen-bond acceptors (Lipinski definition) is 6. The maximum absolute atomic E-state index is 13.3. The fourth-order valence-electron chi connectivity index (χ4n) is 3.04. The number of carbonyl (C=O) groups is 4. The number of nitrogens with one attached hydrogen (secondary N) is 2. The molecule has 0 spiro atoms. The highest BCUT2D eigenvalue weighted by atomic mass is 32.1. The number of rotatable bonds is 5. The van der Waals surface area contributed by atoms with Crippen LogP contribution in [0.5, 0.6) is 0 Å². The minimum absolute atomic E-state index is 0.290. The zero-order valence-corrected chi connectivity index (χ0v) is 16.3. The Morgan fingerprint density at radius 2 is 1.90 bits per heavy atom. The fourth-order valence-corrected chi connectivity index (χ4v) is 4.05. The summed E-state index contributed by atoms with van der Waals surface area (Å²) in [5.74, 6) is -2.69. The summed E-state index contributed by atoms with van der Waals surface area (Å²) in [4.78, 5) is 49.4. The third-order valence-corrected chi connectivity index (χ3v) is 5.68. The zero-order chi connectivity index (χ0) is 21.3. The average Bonchev–Trinajstić information content (AvgIpc) is 3.10. The Balaban J connectivity index is 1.36. The molecule has 30 heavy (non-hydrogen) atoms. The maximum Gasteiger partial charge on any atom is 0.308 e. The van der Waals surface area contributed by atoms with Crippen molar-refractivity contribution >= 4 is 50.7 Å². The standard InChI is InChI=1S/C21H15FN2O5S/c22-12-6-5-11-7-18(30-17(11)8-12)16(25)10-29-19(26)9-15-21(28)23-14-4-2-1-3-13(14)20(27)24-15/h1-8,15H,9-10H2,(H,23,28)(H,24,27)/t15-/m0/s1. The first-order valence-electron chi connectivity index (χ1n) is 8.99. The molecule has 3 aromatic rings. The van der Waals surface area contributed by atoms with Gasteiger partial charge in [0, 0.05) is 4.70 Å². The van der Waals surface area contributed by atoms with Gasteiger partial charge < -0.3 is 15.4 Å². The first-order chi connectivity index (χ1) is 14.4. The number of halogens is 1. The lowest BCUT2D eigenvalue weighted by Gasteiger charge is -2.13. The molecule has 7 nitrogen and oxygen atoms in total. The molecular formula is C21H15FN2O5S. The molecule has 1 aliphatic rings. The van der Waals surface area contributed by atoms with Crippen LogP contribution in [0.3, 0.4) is 0 Å². The highest BCUT2D eigenvalue weighted by molar-refractivity contribution is 7.20. The summed E-state index contributed by atoms with van der Waals surface area (Å²) < 4.78 is 18.9. The predicted molar refractivity (Wildman–Crippen MR) is 108 cm³/mol. The van der Waals surface area contributed by atoms with Gasteiger partial charge in [-0.3, -0.25) is 19.2 Å². The normalized spacial score (nSPS) is 15.7. The zero-order valence-electron chi connectivity index (χ0n) is 15.4. The minimum atomic E-state index is -1.13. The Kier molecular flexibility index (Phi) is 5.28. The van der Waals surface area contributed by atoms with Crippen LogP contribution < -0.4 is 10.6 Å². The van der Waals surface area contributed by atoms with Crippen LogP contribution in [0.2, 0.25) is 0 Å². The molecule has 0 radical (unpaired) electrons. The summed E-state index contributed by atoms with van der Waals surface area (Å²) in [6, 6.07) is 11.1. The van der Waals surface area contributed by atoms with E-state index in [2.05, 4.69) is 10.6 Å². The highest BCUT2D eigenvalue weighted by Gasteiger charge is 2.30. The van der Waals surface area contributed by atoms with Gasteiger partial charge in [0.15, 0.2) is 6.61 Å².